The van der Waals surface area contributed by atoms with E-state index in [-0.39, 0.29) is 12.6 Å². The molecule has 0 aromatic rings. The predicted octanol–water partition coefficient (Wildman–Crippen LogP) is 5.22. The number of allylic oxidation sites excluding steroid dienone is 6. The number of carbonyl (C=O) groups excluding carboxylic acids is 1. The average molecular weight is 466 g/mol. The summed E-state index contributed by atoms with van der Waals surface area (Å²) in [7, 11) is 0. The van der Waals surface area contributed by atoms with Crippen LogP contribution < -0.4 is 5.32 Å². The number of nitrogens with zero attached hydrogens (tertiary/aromatic N) is 2. The van der Waals surface area contributed by atoms with Gasteiger partial charge in [0.2, 0.25) is 0 Å². The van der Waals surface area contributed by atoms with Crippen LogP contribution in [-0.4, -0.2) is 36.0 Å². The maximum absolute atomic E-state index is 13.4. The zero-order chi connectivity index (χ0) is 23.5. The summed E-state index contributed by atoms with van der Waals surface area (Å²) in [5, 5.41) is 7.66. The number of amidine groups is 1. The van der Waals surface area contributed by atoms with Gasteiger partial charge >= 0.3 is 5.97 Å². The molecule has 34 heavy (non-hydrogen) atoms. The van der Waals surface area contributed by atoms with E-state index in [1.54, 1.807) is 0 Å². The van der Waals surface area contributed by atoms with Crippen molar-refractivity contribution in [3.63, 3.8) is 0 Å². The zero-order valence-electron chi connectivity index (χ0n) is 20.1. The van der Waals surface area contributed by atoms with Crippen LogP contribution in [0, 0.1) is 5.92 Å². The van der Waals surface area contributed by atoms with Crippen molar-refractivity contribution < 1.29 is 19.1 Å². The number of esters is 1. The number of ether oxygens (including phenoxy) is 2. The standard InChI is InChI=1S/C27H35N3O4/c1-18-8-5-9-19(2)24(22-13-6-10-20(22)16-18)29-26-28-17-27(34-26,23-14-7-15-32-30-23)25(31)33-21-11-3-4-12-21/h7,15-16,19,21H,1,3-6,8-14,17H2,2H3,(H,28,29)/b20-16-,24-22+. The Hall–Kier alpha value is -2.83. The summed E-state index contributed by atoms with van der Waals surface area (Å²) in [4.78, 5) is 23.3. The van der Waals surface area contributed by atoms with E-state index < -0.39 is 11.6 Å². The van der Waals surface area contributed by atoms with Crippen LogP contribution in [0.4, 0.5) is 0 Å². The third-order valence-corrected chi connectivity index (χ3v) is 7.55. The SMILES string of the molecule is C=C1/C=C2/CCC/C2=C(\NC2=NCC(C(=O)OC3CCCC3)(C3=NOC=CC3)O2)C(C)CCC1. The quantitative estimate of drug-likeness (QED) is 0.576. The number of carbonyl (C=O) groups is 1. The summed E-state index contributed by atoms with van der Waals surface area (Å²) in [6.07, 6.45) is 16.4. The van der Waals surface area contributed by atoms with E-state index in [9.17, 15) is 4.79 Å². The summed E-state index contributed by atoms with van der Waals surface area (Å²) >= 11 is 0. The first-order chi connectivity index (χ1) is 16.5. The second kappa shape index (κ2) is 9.80. The number of hydrogen-bond donors (Lipinski definition) is 1. The molecule has 182 valence electrons. The van der Waals surface area contributed by atoms with E-state index in [4.69, 9.17) is 14.3 Å². The molecule has 2 fully saturated rings. The Kier molecular flexibility index (Phi) is 6.61. The van der Waals surface area contributed by atoms with E-state index in [1.165, 1.54) is 23.0 Å². The second-order valence-electron chi connectivity index (χ2n) is 10.1. The van der Waals surface area contributed by atoms with Gasteiger partial charge in [-0.2, -0.15) is 0 Å². The first kappa shape index (κ1) is 22.9. The Morgan fingerprint density at radius 3 is 2.82 bits per heavy atom. The van der Waals surface area contributed by atoms with Crippen molar-refractivity contribution in [2.75, 3.05) is 6.54 Å². The van der Waals surface area contributed by atoms with E-state index in [1.807, 2.05) is 6.08 Å². The molecule has 0 aromatic heterocycles. The number of nitrogens with one attached hydrogen (secondary N) is 1. The fourth-order valence-electron chi connectivity index (χ4n) is 5.62. The lowest BCUT2D eigenvalue weighted by Crippen LogP contribution is -2.53. The molecule has 7 nitrogen and oxygen atoms in total. The van der Waals surface area contributed by atoms with Crippen LogP contribution in [0.15, 0.2) is 57.6 Å². The Bertz CT molecular complexity index is 999. The smallest absolute Gasteiger partial charge is 0.359 e. The molecule has 0 bridgehead atoms. The molecule has 7 heteroatoms. The fourth-order valence-corrected chi connectivity index (χ4v) is 5.62. The molecule has 5 rings (SSSR count). The Labute approximate surface area is 201 Å². The van der Waals surface area contributed by atoms with Crippen LogP contribution >= 0.6 is 0 Å². The summed E-state index contributed by atoms with van der Waals surface area (Å²) in [5.41, 5.74) is 4.17. The number of fused-ring (bicyclic) bond motifs is 1. The third kappa shape index (κ3) is 4.57. The van der Waals surface area contributed by atoms with Gasteiger partial charge in [-0.1, -0.05) is 30.3 Å². The van der Waals surface area contributed by atoms with Gasteiger partial charge < -0.3 is 19.6 Å². The summed E-state index contributed by atoms with van der Waals surface area (Å²) in [6.45, 7) is 6.64. The minimum Gasteiger partial charge on any atom is -0.459 e. The first-order valence-electron chi connectivity index (χ1n) is 12.8. The molecule has 0 spiro atoms. The maximum Gasteiger partial charge on any atom is 0.359 e. The normalized spacial score (nSPS) is 33.4. The van der Waals surface area contributed by atoms with Gasteiger partial charge in [0, 0.05) is 12.1 Å². The Balaban J connectivity index is 1.40. The number of hydrogen-bond acceptors (Lipinski definition) is 7. The van der Waals surface area contributed by atoms with Gasteiger partial charge in [-0.05, 0) is 87.3 Å². The van der Waals surface area contributed by atoms with Gasteiger partial charge in [-0.25, -0.2) is 9.79 Å². The molecule has 3 aliphatic carbocycles. The van der Waals surface area contributed by atoms with E-state index in [0.717, 1.165) is 69.9 Å². The summed E-state index contributed by atoms with van der Waals surface area (Å²) in [5.74, 6) is -0.0945. The molecule has 2 aliphatic heterocycles. The second-order valence-corrected chi connectivity index (χ2v) is 10.1. The molecular formula is C27H35N3O4. The molecule has 2 atom stereocenters. The molecule has 2 unspecified atom stereocenters. The van der Waals surface area contributed by atoms with Crippen molar-refractivity contribution in [3.8, 4) is 0 Å². The van der Waals surface area contributed by atoms with Crippen molar-refractivity contribution in [3.05, 3.63) is 47.4 Å². The average Bonchev–Trinajstić information content (AvgIpc) is 3.59. The van der Waals surface area contributed by atoms with Crippen LogP contribution in [-0.2, 0) is 19.1 Å². The van der Waals surface area contributed by atoms with Crippen molar-refractivity contribution in [1.82, 2.24) is 5.32 Å². The van der Waals surface area contributed by atoms with E-state index in [0.29, 0.717) is 24.1 Å². The van der Waals surface area contributed by atoms with Gasteiger partial charge in [0.25, 0.3) is 11.6 Å². The number of rotatable bonds is 4. The van der Waals surface area contributed by atoms with Gasteiger partial charge in [0.1, 0.15) is 24.6 Å². The van der Waals surface area contributed by atoms with Crippen LogP contribution in [0.3, 0.4) is 0 Å². The van der Waals surface area contributed by atoms with Gasteiger partial charge in [-0.3, -0.25) is 0 Å². The van der Waals surface area contributed by atoms with Crippen LogP contribution in [0.2, 0.25) is 0 Å². The monoisotopic (exact) mass is 465 g/mol. The fraction of sp³-hybridized carbons (Fsp3) is 0.593. The highest BCUT2D eigenvalue weighted by Gasteiger charge is 2.53. The van der Waals surface area contributed by atoms with Crippen molar-refractivity contribution in [2.24, 2.45) is 16.1 Å². The molecule has 5 aliphatic rings. The van der Waals surface area contributed by atoms with Gasteiger partial charge in [0.15, 0.2) is 0 Å². The number of aliphatic imine (C=N–C) groups is 1. The zero-order valence-corrected chi connectivity index (χ0v) is 20.1. The van der Waals surface area contributed by atoms with Crippen LogP contribution in [0.25, 0.3) is 0 Å². The molecule has 1 N–H and O–H groups in total. The van der Waals surface area contributed by atoms with Gasteiger partial charge in [-0.15, -0.1) is 0 Å². The molecule has 0 aromatic carbocycles. The Morgan fingerprint density at radius 2 is 2.03 bits per heavy atom. The molecule has 2 saturated carbocycles. The maximum atomic E-state index is 13.4. The van der Waals surface area contributed by atoms with Crippen LogP contribution in [0.1, 0.15) is 77.6 Å². The lowest BCUT2D eigenvalue weighted by Gasteiger charge is -2.29. The van der Waals surface area contributed by atoms with Crippen molar-refractivity contribution >= 4 is 17.7 Å². The predicted molar refractivity (Wildman–Crippen MR) is 131 cm³/mol. The third-order valence-electron chi connectivity index (χ3n) is 7.55. The first-order valence-corrected chi connectivity index (χ1v) is 12.8. The highest BCUT2D eigenvalue weighted by molar-refractivity contribution is 6.13. The lowest BCUT2D eigenvalue weighted by molar-refractivity contribution is -0.161. The van der Waals surface area contributed by atoms with Crippen LogP contribution in [0.5, 0.6) is 0 Å². The van der Waals surface area contributed by atoms with E-state index in [2.05, 4.69) is 35.0 Å². The van der Waals surface area contributed by atoms with Crippen molar-refractivity contribution in [2.45, 2.75) is 89.3 Å². The van der Waals surface area contributed by atoms with Crippen molar-refractivity contribution in [1.29, 1.82) is 0 Å². The molecule has 0 radical (unpaired) electrons. The molecule has 0 amide bonds. The van der Waals surface area contributed by atoms with E-state index >= 15 is 0 Å². The highest BCUT2D eigenvalue weighted by Crippen LogP contribution is 2.38. The summed E-state index contributed by atoms with van der Waals surface area (Å²) in [6, 6.07) is 0.360. The topological polar surface area (TPSA) is 81.5 Å². The van der Waals surface area contributed by atoms with Gasteiger partial charge in [0.05, 0.1) is 0 Å². The largest absolute Gasteiger partial charge is 0.459 e. The Morgan fingerprint density at radius 1 is 1.18 bits per heavy atom. The molecule has 0 saturated heterocycles. The number of oxime groups is 1. The lowest BCUT2D eigenvalue weighted by atomic mass is 9.94. The minimum atomic E-state index is -1.38. The molecule has 2 heterocycles. The summed E-state index contributed by atoms with van der Waals surface area (Å²) < 4.78 is 12.2. The minimum absolute atomic E-state index is 0.0655. The molecular weight excluding hydrogens is 430 g/mol. The highest BCUT2D eigenvalue weighted by atomic mass is 16.6.